The molecule has 4 heteroatoms. The first-order valence-electron chi connectivity index (χ1n) is 24.4. The van der Waals surface area contributed by atoms with E-state index in [2.05, 4.69) is 259 Å². The van der Waals surface area contributed by atoms with Crippen LogP contribution in [-0.2, 0) is 5.41 Å². The molecule has 71 heavy (non-hydrogen) atoms. The Morgan fingerprint density at radius 3 is 1.63 bits per heavy atom. The van der Waals surface area contributed by atoms with Gasteiger partial charge in [0, 0.05) is 39.8 Å². The molecule has 330 valence electrons. The number of fused-ring (bicyclic) bond motifs is 14. The first-order valence-corrected chi connectivity index (χ1v) is 24.4. The summed E-state index contributed by atoms with van der Waals surface area (Å²) in [5, 5.41) is 3.36. The molecule has 1 aliphatic heterocycles. The van der Waals surface area contributed by atoms with E-state index in [4.69, 9.17) is 9.97 Å². The zero-order valence-electron chi connectivity index (χ0n) is 38.5. The highest BCUT2D eigenvalue weighted by atomic mass is 15.2. The minimum absolute atomic E-state index is 0.456. The summed E-state index contributed by atoms with van der Waals surface area (Å²) < 4.78 is 0. The highest BCUT2D eigenvalue weighted by Crippen LogP contribution is 2.63. The molecule has 15 rings (SSSR count). The quantitative estimate of drug-likeness (QED) is 0.156. The van der Waals surface area contributed by atoms with Gasteiger partial charge in [-0.15, -0.1) is 0 Å². The maximum Gasteiger partial charge on any atom is 0.148 e. The molecule has 0 radical (unpaired) electrons. The lowest BCUT2D eigenvalue weighted by molar-refractivity contribution is 0.793. The van der Waals surface area contributed by atoms with Gasteiger partial charge in [0.2, 0.25) is 0 Å². The fourth-order valence-electron chi connectivity index (χ4n) is 12.3. The smallest absolute Gasteiger partial charge is 0.148 e. The number of hydrogen-bond donors (Lipinski definition) is 0. The topological polar surface area (TPSA) is 32.3 Å². The molecule has 0 unspecified atom stereocenters. The van der Waals surface area contributed by atoms with Crippen molar-refractivity contribution in [3.8, 4) is 55.8 Å². The van der Waals surface area contributed by atoms with Gasteiger partial charge in [-0.3, -0.25) is 9.88 Å². The van der Waals surface area contributed by atoms with Crippen LogP contribution < -0.4 is 9.80 Å². The van der Waals surface area contributed by atoms with E-state index in [-0.39, 0.29) is 0 Å². The molecule has 0 atom stereocenters. The van der Waals surface area contributed by atoms with Crippen molar-refractivity contribution in [2.45, 2.75) is 5.41 Å². The maximum absolute atomic E-state index is 5.32. The molecule has 0 fully saturated rings. The van der Waals surface area contributed by atoms with Crippen LogP contribution in [0.4, 0.5) is 34.3 Å². The number of pyridine rings is 2. The van der Waals surface area contributed by atoms with E-state index in [1.807, 2.05) is 6.20 Å². The lowest BCUT2D eigenvalue weighted by Crippen LogP contribution is -2.26. The van der Waals surface area contributed by atoms with Crippen LogP contribution in [0, 0.1) is 0 Å². The van der Waals surface area contributed by atoms with E-state index in [1.165, 1.54) is 55.6 Å². The normalized spacial score (nSPS) is 13.2. The number of para-hydroxylation sites is 3. The van der Waals surface area contributed by atoms with E-state index in [1.54, 1.807) is 0 Å². The molecule has 0 saturated heterocycles. The molecule has 2 aliphatic carbocycles. The summed E-state index contributed by atoms with van der Waals surface area (Å²) in [6.45, 7) is 0. The number of rotatable bonds is 6. The molecular formula is C67H42N4. The molecule has 0 saturated carbocycles. The Hall–Kier alpha value is -9.38. The van der Waals surface area contributed by atoms with Crippen LogP contribution in [0.25, 0.3) is 77.4 Å². The van der Waals surface area contributed by atoms with Crippen molar-refractivity contribution in [3.63, 3.8) is 0 Å². The summed E-state index contributed by atoms with van der Waals surface area (Å²) in [5.74, 6) is 0.899. The largest absolute Gasteiger partial charge is 0.310 e. The third kappa shape index (κ3) is 5.67. The Labute approximate surface area is 412 Å². The van der Waals surface area contributed by atoms with Crippen LogP contribution >= 0.6 is 0 Å². The molecule has 0 N–H and O–H groups in total. The summed E-state index contributed by atoms with van der Waals surface area (Å²) in [6.07, 6.45) is 1.93. The van der Waals surface area contributed by atoms with Gasteiger partial charge in [-0.05, 0) is 127 Å². The molecule has 0 bridgehead atoms. The van der Waals surface area contributed by atoms with Crippen LogP contribution in [-0.4, -0.2) is 9.97 Å². The average Bonchev–Trinajstić information content (AvgIpc) is 3.92. The number of nitrogens with zero attached hydrogens (tertiary/aromatic N) is 4. The minimum Gasteiger partial charge on any atom is -0.310 e. The van der Waals surface area contributed by atoms with Gasteiger partial charge in [-0.2, -0.15) is 0 Å². The van der Waals surface area contributed by atoms with Crippen molar-refractivity contribution in [1.82, 2.24) is 9.97 Å². The maximum atomic E-state index is 5.32. The second-order valence-corrected chi connectivity index (χ2v) is 18.8. The molecular weight excluding hydrogens is 861 g/mol. The average molecular weight is 903 g/mol. The Balaban J connectivity index is 0.862. The molecule has 4 nitrogen and oxygen atoms in total. The summed E-state index contributed by atoms with van der Waals surface area (Å²) >= 11 is 0. The van der Waals surface area contributed by atoms with Crippen molar-refractivity contribution in [1.29, 1.82) is 0 Å². The molecule has 10 aromatic carbocycles. The van der Waals surface area contributed by atoms with Crippen molar-refractivity contribution < 1.29 is 0 Å². The number of hydrogen-bond acceptors (Lipinski definition) is 4. The number of benzene rings is 10. The fourth-order valence-corrected chi connectivity index (χ4v) is 12.3. The zero-order valence-corrected chi connectivity index (χ0v) is 38.5. The van der Waals surface area contributed by atoms with Gasteiger partial charge in [0.15, 0.2) is 0 Å². The first kappa shape index (κ1) is 39.6. The Morgan fingerprint density at radius 1 is 0.380 bits per heavy atom. The van der Waals surface area contributed by atoms with E-state index < -0.39 is 5.41 Å². The van der Waals surface area contributed by atoms with Crippen LogP contribution in [0.3, 0.4) is 0 Å². The third-order valence-corrected chi connectivity index (χ3v) is 15.3. The highest BCUT2D eigenvalue weighted by molar-refractivity contribution is 6.19. The van der Waals surface area contributed by atoms with Crippen molar-refractivity contribution in [2.75, 3.05) is 9.80 Å². The Bertz CT molecular complexity index is 4060. The van der Waals surface area contributed by atoms with Gasteiger partial charge in [-0.25, -0.2) is 4.98 Å². The minimum atomic E-state index is -0.456. The highest BCUT2D eigenvalue weighted by Gasteiger charge is 2.51. The second kappa shape index (κ2) is 15.3. The van der Waals surface area contributed by atoms with E-state index in [0.717, 1.165) is 78.3 Å². The second-order valence-electron chi connectivity index (χ2n) is 18.8. The third-order valence-electron chi connectivity index (χ3n) is 15.3. The lowest BCUT2D eigenvalue weighted by atomic mass is 9.70. The van der Waals surface area contributed by atoms with Gasteiger partial charge in [-0.1, -0.05) is 188 Å². The molecule has 1 spiro atoms. The van der Waals surface area contributed by atoms with Crippen LogP contribution in [0.1, 0.15) is 22.3 Å². The Kier molecular flexibility index (Phi) is 8.54. The van der Waals surface area contributed by atoms with E-state index in [9.17, 15) is 0 Å². The molecule has 3 heterocycles. The van der Waals surface area contributed by atoms with Gasteiger partial charge < -0.3 is 4.90 Å². The molecule has 12 aromatic rings. The Morgan fingerprint density at radius 2 is 0.930 bits per heavy atom. The number of aromatic nitrogens is 2. The van der Waals surface area contributed by atoms with Crippen molar-refractivity contribution in [3.05, 3.63) is 277 Å². The van der Waals surface area contributed by atoms with Crippen LogP contribution in [0.15, 0.2) is 255 Å². The summed E-state index contributed by atoms with van der Waals surface area (Å²) in [7, 11) is 0. The zero-order chi connectivity index (χ0) is 46.6. The summed E-state index contributed by atoms with van der Waals surface area (Å²) in [4.78, 5) is 15.0. The first-order chi connectivity index (χ1) is 35.2. The van der Waals surface area contributed by atoms with Crippen molar-refractivity contribution >= 4 is 55.9 Å². The lowest BCUT2D eigenvalue weighted by Gasteiger charge is -2.33. The number of anilines is 6. The standard InChI is InChI=1S/C67H42N4/c1-2-16-45(17-3-1)49-18-8-14-28-62(49)70(48-38-39-53-52-21-6-12-26-59(52)67(60(53)42-48)57-24-10-4-19-50(57)51-20-5-11-25-58(51)67)46-34-30-43(31-35-46)44-32-36-47(37-33-44)71-63-29-15-9-23-56(63)65-64-55(40-41-68-65)54-22-7-13-27-61(54)69-66(64)71/h1-42H. The molecule has 3 aliphatic rings. The predicted molar refractivity (Wildman–Crippen MR) is 293 cm³/mol. The van der Waals surface area contributed by atoms with E-state index in [0.29, 0.717) is 0 Å². The van der Waals surface area contributed by atoms with Crippen molar-refractivity contribution in [2.24, 2.45) is 0 Å². The monoisotopic (exact) mass is 902 g/mol. The van der Waals surface area contributed by atoms with Crippen LogP contribution in [0.5, 0.6) is 0 Å². The van der Waals surface area contributed by atoms with Gasteiger partial charge >= 0.3 is 0 Å². The summed E-state index contributed by atoms with van der Waals surface area (Å²) in [5.41, 5.74) is 23.1. The van der Waals surface area contributed by atoms with Crippen LogP contribution in [0.2, 0.25) is 0 Å². The SMILES string of the molecule is c1ccc(-c2ccccc2N(c2ccc(-c3ccc(N4c5ccccc5-c5nccc6c5c4nc4ccccc46)cc3)cc2)c2ccc3c(c2)C2(c4ccccc4-c4ccccc42)c2ccccc2-3)cc1. The van der Waals surface area contributed by atoms with Gasteiger partial charge in [0.1, 0.15) is 5.82 Å². The van der Waals surface area contributed by atoms with Gasteiger partial charge in [0.25, 0.3) is 0 Å². The summed E-state index contributed by atoms with van der Waals surface area (Å²) in [6, 6.07) is 91.0. The fraction of sp³-hybridized carbons (Fsp3) is 0.0149. The van der Waals surface area contributed by atoms with Gasteiger partial charge in [0.05, 0.1) is 33.4 Å². The van der Waals surface area contributed by atoms with E-state index >= 15 is 0 Å². The molecule has 2 aromatic heterocycles. The molecule has 0 amide bonds. The predicted octanol–water partition coefficient (Wildman–Crippen LogP) is 17.4.